The van der Waals surface area contributed by atoms with Crippen LogP contribution in [0.25, 0.3) is 10.8 Å². The number of fused-ring (bicyclic) bond motifs is 1. The smallest absolute Gasteiger partial charge is 0.221 e. The van der Waals surface area contributed by atoms with Crippen LogP contribution < -0.4 is 15.2 Å². The van der Waals surface area contributed by atoms with Crippen LogP contribution in [0, 0.1) is 0 Å². The lowest BCUT2D eigenvalue weighted by atomic mass is 9.83. The zero-order valence-electron chi connectivity index (χ0n) is 12.5. The first kappa shape index (κ1) is 14.1. The third kappa shape index (κ3) is 3.10. The molecule has 0 amide bonds. The lowest BCUT2D eigenvalue weighted by Gasteiger charge is -2.32. The summed E-state index contributed by atoms with van der Waals surface area (Å²) in [6.07, 6.45) is 7.49. The van der Waals surface area contributed by atoms with Crippen molar-refractivity contribution in [1.82, 2.24) is 4.98 Å². The van der Waals surface area contributed by atoms with Gasteiger partial charge in [0.25, 0.3) is 0 Å². The van der Waals surface area contributed by atoms with E-state index in [9.17, 15) is 0 Å². The summed E-state index contributed by atoms with van der Waals surface area (Å²) >= 11 is 0. The van der Waals surface area contributed by atoms with Crippen LogP contribution >= 0.6 is 0 Å². The minimum atomic E-state index is -0.207. The number of nitrogens with zero attached hydrogens (tertiary/aromatic N) is 1. The summed E-state index contributed by atoms with van der Waals surface area (Å²) < 4.78 is 11.3. The minimum absolute atomic E-state index is 0.207. The molecular weight excluding hydrogens is 264 g/mol. The van der Waals surface area contributed by atoms with Crippen molar-refractivity contribution in [2.45, 2.75) is 37.6 Å². The number of nitrogens with two attached hydrogens (primary N) is 1. The molecule has 21 heavy (non-hydrogen) atoms. The van der Waals surface area contributed by atoms with Crippen molar-refractivity contribution >= 4 is 10.8 Å². The molecule has 1 aromatic heterocycles. The number of hydrogen-bond donors (Lipinski definition) is 1. The first-order valence-electron chi connectivity index (χ1n) is 7.55. The third-order valence-corrected chi connectivity index (χ3v) is 4.28. The van der Waals surface area contributed by atoms with Crippen LogP contribution in [-0.2, 0) is 0 Å². The number of methoxy groups -OCH3 is 1. The van der Waals surface area contributed by atoms with Gasteiger partial charge in [-0.1, -0.05) is 25.3 Å². The highest BCUT2D eigenvalue weighted by Crippen LogP contribution is 2.30. The van der Waals surface area contributed by atoms with Crippen LogP contribution in [0.15, 0.2) is 30.5 Å². The van der Waals surface area contributed by atoms with Crippen LogP contribution in [0.3, 0.4) is 0 Å². The molecule has 0 aliphatic heterocycles. The molecule has 0 saturated heterocycles. The summed E-state index contributed by atoms with van der Waals surface area (Å²) in [6, 6.07) is 7.89. The van der Waals surface area contributed by atoms with Gasteiger partial charge >= 0.3 is 0 Å². The highest BCUT2D eigenvalue weighted by molar-refractivity contribution is 5.87. The molecule has 1 heterocycles. The van der Waals surface area contributed by atoms with Gasteiger partial charge in [0.1, 0.15) is 12.4 Å². The van der Waals surface area contributed by atoms with Gasteiger partial charge < -0.3 is 15.2 Å². The van der Waals surface area contributed by atoms with E-state index in [1.165, 1.54) is 19.3 Å². The molecule has 0 spiro atoms. The predicted octanol–water partition coefficient (Wildman–Crippen LogP) is 3.28. The molecule has 1 aliphatic rings. The lowest BCUT2D eigenvalue weighted by molar-refractivity contribution is 0.171. The first-order chi connectivity index (χ1) is 10.2. The van der Waals surface area contributed by atoms with E-state index in [1.54, 1.807) is 13.3 Å². The van der Waals surface area contributed by atoms with Gasteiger partial charge in [0.15, 0.2) is 0 Å². The van der Waals surface area contributed by atoms with Crippen molar-refractivity contribution in [3.05, 3.63) is 30.5 Å². The van der Waals surface area contributed by atoms with Crippen molar-refractivity contribution in [2.24, 2.45) is 5.73 Å². The van der Waals surface area contributed by atoms with Crippen molar-refractivity contribution in [3.63, 3.8) is 0 Å². The number of ether oxygens (including phenoxy) is 2. The van der Waals surface area contributed by atoms with Gasteiger partial charge in [-0.15, -0.1) is 0 Å². The number of aromatic nitrogens is 1. The molecule has 0 unspecified atom stereocenters. The van der Waals surface area contributed by atoms with Gasteiger partial charge in [-0.2, -0.15) is 0 Å². The quantitative estimate of drug-likeness (QED) is 0.937. The van der Waals surface area contributed by atoms with Gasteiger partial charge in [-0.05, 0) is 36.4 Å². The molecule has 0 bridgehead atoms. The van der Waals surface area contributed by atoms with Gasteiger partial charge in [-0.3, -0.25) is 0 Å². The van der Waals surface area contributed by atoms with Crippen LogP contribution in [0.1, 0.15) is 32.1 Å². The fourth-order valence-corrected chi connectivity index (χ4v) is 2.98. The molecule has 2 aromatic rings. The summed E-state index contributed by atoms with van der Waals surface area (Å²) in [5.74, 6) is 1.45. The Hall–Kier alpha value is -1.81. The maximum absolute atomic E-state index is 6.43. The lowest BCUT2D eigenvalue weighted by Crippen LogP contribution is -2.47. The Morgan fingerprint density at radius 3 is 2.76 bits per heavy atom. The topological polar surface area (TPSA) is 57.4 Å². The molecule has 1 saturated carbocycles. The van der Waals surface area contributed by atoms with E-state index < -0.39 is 0 Å². The van der Waals surface area contributed by atoms with Crippen LogP contribution in [0.5, 0.6) is 11.6 Å². The predicted molar refractivity (Wildman–Crippen MR) is 83.8 cm³/mol. The summed E-state index contributed by atoms with van der Waals surface area (Å²) in [5, 5.41) is 2.06. The van der Waals surface area contributed by atoms with E-state index in [1.807, 2.05) is 24.3 Å². The molecule has 0 radical (unpaired) electrons. The maximum Gasteiger partial charge on any atom is 0.221 e. The molecule has 4 nitrogen and oxygen atoms in total. The second-order valence-electron chi connectivity index (χ2n) is 5.91. The molecule has 1 fully saturated rings. The fraction of sp³-hybridized carbons (Fsp3) is 0.471. The summed E-state index contributed by atoms with van der Waals surface area (Å²) in [7, 11) is 1.66. The third-order valence-electron chi connectivity index (χ3n) is 4.28. The Bertz CT molecular complexity index is 621. The monoisotopic (exact) mass is 286 g/mol. The van der Waals surface area contributed by atoms with Crippen molar-refractivity contribution in [3.8, 4) is 11.6 Å². The van der Waals surface area contributed by atoms with E-state index in [0.29, 0.717) is 12.5 Å². The summed E-state index contributed by atoms with van der Waals surface area (Å²) in [4.78, 5) is 4.36. The van der Waals surface area contributed by atoms with Gasteiger partial charge in [0.2, 0.25) is 5.88 Å². The van der Waals surface area contributed by atoms with Crippen molar-refractivity contribution in [1.29, 1.82) is 0 Å². The SMILES string of the molecule is COc1ccc2ccnc(OCC3(N)CCCCC3)c2c1. The molecule has 0 atom stereocenters. The molecule has 2 N–H and O–H groups in total. The highest BCUT2D eigenvalue weighted by atomic mass is 16.5. The second kappa shape index (κ2) is 5.90. The first-order valence-corrected chi connectivity index (χ1v) is 7.55. The fourth-order valence-electron chi connectivity index (χ4n) is 2.98. The Morgan fingerprint density at radius 2 is 2.00 bits per heavy atom. The van der Waals surface area contributed by atoms with Crippen LogP contribution in [-0.4, -0.2) is 24.2 Å². The maximum atomic E-state index is 6.43. The zero-order valence-corrected chi connectivity index (χ0v) is 12.5. The Kier molecular flexibility index (Phi) is 3.97. The second-order valence-corrected chi connectivity index (χ2v) is 5.91. The van der Waals surface area contributed by atoms with E-state index in [-0.39, 0.29) is 5.54 Å². The van der Waals surface area contributed by atoms with Gasteiger partial charge in [0.05, 0.1) is 12.6 Å². The molecular formula is C17H22N2O2. The molecule has 4 heteroatoms. The average Bonchev–Trinajstić information content (AvgIpc) is 2.53. The minimum Gasteiger partial charge on any atom is -0.497 e. The molecule has 112 valence electrons. The highest BCUT2D eigenvalue weighted by Gasteiger charge is 2.28. The van der Waals surface area contributed by atoms with E-state index >= 15 is 0 Å². The number of rotatable bonds is 4. The Labute approximate surface area is 125 Å². The summed E-state index contributed by atoms with van der Waals surface area (Å²) in [5.41, 5.74) is 6.22. The van der Waals surface area contributed by atoms with Crippen molar-refractivity contribution in [2.75, 3.05) is 13.7 Å². The Balaban J connectivity index is 1.82. The number of benzene rings is 1. The molecule has 3 rings (SSSR count). The Morgan fingerprint density at radius 1 is 1.19 bits per heavy atom. The average molecular weight is 286 g/mol. The normalized spacial score (nSPS) is 17.6. The van der Waals surface area contributed by atoms with Gasteiger partial charge in [-0.25, -0.2) is 4.98 Å². The number of hydrogen-bond acceptors (Lipinski definition) is 4. The van der Waals surface area contributed by atoms with Crippen molar-refractivity contribution < 1.29 is 9.47 Å². The number of pyridine rings is 1. The zero-order chi connectivity index (χ0) is 14.7. The van der Waals surface area contributed by atoms with Crippen LogP contribution in [0.2, 0.25) is 0 Å². The van der Waals surface area contributed by atoms with E-state index in [0.717, 1.165) is 29.4 Å². The largest absolute Gasteiger partial charge is 0.497 e. The van der Waals surface area contributed by atoms with E-state index in [2.05, 4.69) is 4.98 Å². The standard InChI is InChI=1S/C17H22N2O2/c1-20-14-6-5-13-7-10-19-16(15(13)11-14)21-12-17(18)8-3-2-4-9-17/h5-7,10-11H,2-4,8-9,12,18H2,1H3. The van der Waals surface area contributed by atoms with E-state index in [4.69, 9.17) is 15.2 Å². The summed E-state index contributed by atoms with van der Waals surface area (Å²) in [6.45, 7) is 0.524. The van der Waals surface area contributed by atoms with Crippen LogP contribution in [0.4, 0.5) is 0 Å². The van der Waals surface area contributed by atoms with Gasteiger partial charge in [0, 0.05) is 11.6 Å². The molecule has 1 aliphatic carbocycles. The molecule has 1 aromatic carbocycles.